The number of hydrogen-bond donors (Lipinski definition) is 2. The number of carbonyl (C=O) groups excluding carboxylic acids is 1. The number of nitrogens with two attached hydrogens (primary N) is 1. The number of carbonyl (C=O) groups is 1. The predicted molar refractivity (Wildman–Crippen MR) is 80.0 cm³/mol. The molecule has 0 heterocycles. The van der Waals surface area contributed by atoms with Gasteiger partial charge in [-0.2, -0.15) is 0 Å². The summed E-state index contributed by atoms with van der Waals surface area (Å²) in [7, 11) is 1.51. The Hall–Kier alpha value is -2.20. The Balaban J connectivity index is 2.12. The van der Waals surface area contributed by atoms with Gasteiger partial charge in [0.25, 0.3) is 5.91 Å². The molecule has 0 saturated carbocycles. The molecule has 2 aromatic rings. The van der Waals surface area contributed by atoms with Crippen LogP contribution in [0.15, 0.2) is 42.5 Å². The number of rotatable bonds is 4. The molecule has 0 bridgehead atoms. The highest BCUT2D eigenvalue weighted by molar-refractivity contribution is 6.31. The van der Waals surface area contributed by atoms with Crippen LogP contribution in [0.3, 0.4) is 0 Å². The fourth-order valence-corrected chi connectivity index (χ4v) is 2.04. The van der Waals surface area contributed by atoms with Crippen molar-refractivity contribution in [3.8, 4) is 5.75 Å². The zero-order valence-electron chi connectivity index (χ0n) is 11.0. The maximum Gasteiger partial charge on any atom is 0.253 e. The first-order chi connectivity index (χ1) is 9.63. The molecule has 0 fully saturated rings. The van der Waals surface area contributed by atoms with Crippen molar-refractivity contribution in [1.82, 2.24) is 5.32 Å². The highest BCUT2D eigenvalue weighted by atomic mass is 35.5. The molecule has 4 nitrogen and oxygen atoms in total. The second-order valence-corrected chi connectivity index (χ2v) is 4.60. The van der Waals surface area contributed by atoms with Gasteiger partial charge in [-0.3, -0.25) is 4.79 Å². The first-order valence-electron chi connectivity index (χ1n) is 6.07. The quantitative estimate of drug-likeness (QED) is 0.851. The van der Waals surface area contributed by atoms with Crippen LogP contribution in [0.25, 0.3) is 0 Å². The molecule has 0 atom stereocenters. The van der Waals surface area contributed by atoms with Gasteiger partial charge in [-0.15, -0.1) is 0 Å². The number of ether oxygens (including phenoxy) is 1. The van der Waals surface area contributed by atoms with Gasteiger partial charge in [0, 0.05) is 11.6 Å². The molecule has 0 radical (unpaired) electrons. The molecule has 2 rings (SSSR count). The monoisotopic (exact) mass is 290 g/mol. The number of nitrogens with one attached hydrogen (secondary N) is 1. The van der Waals surface area contributed by atoms with E-state index in [9.17, 15) is 4.79 Å². The molecular formula is C15H15ClN2O2. The Bertz CT molecular complexity index is 629. The minimum Gasteiger partial charge on any atom is -0.495 e. The minimum absolute atomic E-state index is 0.263. The van der Waals surface area contributed by atoms with E-state index in [1.54, 1.807) is 24.3 Å². The molecule has 20 heavy (non-hydrogen) atoms. The van der Waals surface area contributed by atoms with Gasteiger partial charge in [0.05, 0.1) is 18.4 Å². The van der Waals surface area contributed by atoms with E-state index >= 15 is 0 Å². The average Bonchev–Trinajstić information content (AvgIpc) is 2.46. The SMILES string of the molecule is COc1cccc(C(=O)NCc2ccccc2Cl)c1N. The van der Waals surface area contributed by atoms with Crippen LogP contribution in [0.5, 0.6) is 5.75 Å². The van der Waals surface area contributed by atoms with E-state index in [2.05, 4.69) is 5.32 Å². The Morgan fingerprint density at radius 3 is 2.70 bits per heavy atom. The molecule has 0 saturated heterocycles. The van der Waals surface area contributed by atoms with E-state index in [1.807, 2.05) is 18.2 Å². The molecule has 5 heteroatoms. The number of halogens is 1. The maximum atomic E-state index is 12.1. The van der Waals surface area contributed by atoms with Crippen molar-refractivity contribution in [3.63, 3.8) is 0 Å². The van der Waals surface area contributed by atoms with Crippen molar-refractivity contribution in [3.05, 3.63) is 58.6 Å². The fourth-order valence-electron chi connectivity index (χ4n) is 1.83. The normalized spacial score (nSPS) is 10.1. The maximum absolute atomic E-state index is 12.1. The van der Waals surface area contributed by atoms with E-state index in [4.69, 9.17) is 22.1 Å². The Morgan fingerprint density at radius 1 is 1.25 bits per heavy atom. The lowest BCUT2D eigenvalue weighted by atomic mass is 10.1. The fraction of sp³-hybridized carbons (Fsp3) is 0.133. The molecule has 3 N–H and O–H groups in total. The number of nitrogen functional groups attached to an aromatic ring is 1. The second kappa shape index (κ2) is 6.30. The van der Waals surface area contributed by atoms with Crippen molar-refractivity contribution in [1.29, 1.82) is 0 Å². The van der Waals surface area contributed by atoms with Crippen molar-refractivity contribution >= 4 is 23.2 Å². The van der Waals surface area contributed by atoms with Gasteiger partial charge in [-0.25, -0.2) is 0 Å². The van der Waals surface area contributed by atoms with Gasteiger partial charge in [0.15, 0.2) is 0 Å². The average molecular weight is 291 g/mol. The Labute approximate surface area is 122 Å². The highest BCUT2D eigenvalue weighted by Gasteiger charge is 2.13. The molecule has 0 aromatic heterocycles. The van der Waals surface area contributed by atoms with E-state index in [1.165, 1.54) is 7.11 Å². The number of para-hydroxylation sites is 1. The largest absolute Gasteiger partial charge is 0.495 e. The first-order valence-corrected chi connectivity index (χ1v) is 6.45. The first kappa shape index (κ1) is 14.2. The third kappa shape index (κ3) is 3.03. The zero-order valence-corrected chi connectivity index (χ0v) is 11.8. The molecule has 0 spiro atoms. The van der Waals surface area contributed by atoms with Gasteiger partial charge < -0.3 is 15.8 Å². The van der Waals surface area contributed by atoms with Crippen LogP contribution in [0.1, 0.15) is 15.9 Å². The lowest BCUT2D eigenvalue weighted by Gasteiger charge is -2.11. The summed E-state index contributed by atoms with van der Waals surface area (Å²) in [6.07, 6.45) is 0. The topological polar surface area (TPSA) is 64.3 Å². The van der Waals surface area contributed by atoms with E-state index in [-0.39, 0.29) is 5.91 Å². The van der Waals surface area contributed by atoms with Crippen LogP contribution in [0, 0.1) is 0 Å². The third-order valence-corrected chi connectivity index (χ3v) is 3.30. The number of amides is 1. The molecule has 0 aliphatic heterocycles. The lowest BCUT2D eigenvalue weighted by Crippen LogP contribution is -2.24. The summed E-state index contributed by atoms with van der Waals surface area (Å²) in [5, 5.41) is 3.41. The van der Waals surface area contributed by atoms with Gasteiger partial charge in [0.1, 0.15) is 5.75 Å². The number of hydrogen-bond acceptors (Lipinski definition) is 3. The summed E-state index contributed by atoms with van der Waals surface area (Å²) in [5.74, 6) is 0.219. The van der Waals surface area contributed by atoms with Crippen molar-refractivity contribution < 1.29 is 9.53 Å². The molecule has 2 aromatic carbocycles. The van der Waals surface area contributed by atoms with Gasteiger partial charge in [-0.05, 0) is 23.8 Å². The number of anilines is 1. The molecule has 0 aliphatic rings. The summed E-state index contributed by atoms with van der Waals surface area (Å²) in [6.45, 7) is 0.342. The van der Waals surface area contributed by atoms with Crippen LogP contribution in [-0.2, 0) is 6.54 Å². The summed E-state index contributed by atoms with van der Waals surface area (Å²) in [4.78, 5) is 12.1. The van der Waals surface area contributed by atoms with Gasteiger partial charge in [0.2, 0.25) is 0 Å². The van der Waals surface area contributed by atoms with Crippen molar-refractivity contribution in [2.24, 2.45) is 0 Å². The summed E-state index contributed by atoms with van der Waals surface area (Å²) >= 11 is 6.04. The standard InChI is InChI=1S/C15H15ClN2O2/c1-20-13-8-4-6-11(14(13)17)15(19)18-9-10-5-2-3-7-12(10)16/h2-8H,9,17H2,1H3,(H,18,19). The Kier molecular flexibility index (Phi) is 4.48. The van der Waals surface area contributed by atoms with Crippen molar-refractivity contribution in [2.45, 2.75) is 6.54 Å². The smallest absolute Gasteiger partial charge is 0.253 e. The second-order valence-electron chi connectivity index (χ2n) is 4.20. The summed E-state index contributed by atoms with van der Waals surface area (Å²) in [6, 6.07) is 12.4. The van der Waals surface area contributed by atoms with Crippen LogP contribution >= 0.6 is 11.6 Å². The predicted octanol–water partition coefficient (Wildman–Crippen LogP) is 2.86. The summed E-state index contributed by atoms with van der Waals surface area (Å²) in [5.41, 5.74) is 7.44. The lowest BCUT2D eigenvalue weighted by molar-refractivity contribution is 0.0951. The zero-order chi connectivity index (χ0) is 14.5. The molecule has 0 unspecified atom stereocenters. The number of methoxy groups -OCH3 is 1. The molecular weight excluding hydrogens is 276 g/mol. The molecule has 1 amide bonds. The van der Waals surface area contributed by atoms with E-state index in [0.717, 1.165) is 5.56 Å². The van der Waals surface area contributed by atoms with Crippen LogP contribution < -0.4 is 15.8 Å². The third-order valence-electron chi connectivity index (χ3n) is 2.93. The van der Waals surface area contributed by atoms with E-state index in [0.29, 0.717) is 28.6 Å². The van der Waals surface area contributed by atoms with Gasteiger partial charge >= 0.3 is 0 Å². The number of benzene rings is 2. The van der Waals surface area contributed by atoms with Crippen molar-refractivity contribution in [2.75, 3.05) is 12.8 Å². The Morgan fingerprint density at radius 2 is 2.00 bits per heavy atom. The molecule has 0 aliphatic carbocycles. The van der Waals surface area contributed by atoms with Crippen LogP contribution in [0.2, 0.25) is 5.02 Å². The summed E-state index contributed by atoms with van der Waals surface area (Å²) < 4.78 is 5.09. The molecule has 104 valence electrons. The van der Waals surface area contributed by atoms with Crippen LogP contribution in [-0.4, -0.2) is 13.0 Å². The van der Waals surface area contributed by atoms with Crippen LogP contribution in [0.4, 0.5) is 5.69 Å². The van der Waals surface area contributed by atoms with E-state index < -0.39 is 0 Å². The van der Waals surface area contributed by atoms with Gasteiger partial charge in [-0.1, -0.05) is 35.9 Å². The highest BCUT2D eigenvalue weighted by Crippen LogP contribution is 2.24. The minimum atomic E-state index is -0.263.